The smallest absolute Gasteiger partial charge is 0.0862 e. The number of hydrogen-bond acceptors (Lipinski definition) is 3. The maximum absolute atomic E-state index is 11.9. The van der Waals surface area contributed by atoms with Gasteiger partial charge in [-0.3, -0.25) is 4.99 Å². The molecule has 2 nitrogen and oxygen atoms in total. The van der Waals surface area contributed by atoms with Crippen molar-refractivity contribution < 1.29 is 5.11 Å². The summed E-state index contributed by atoms with van der Waals surface area (Å²) < 4.78 is 0. The van der Waals surface area contributed by atoms with Crippen molar-refractivity contribution in [2.45, 2.75) is 105 Å². The van der Waals surface area contributed by atoms with Gasteiger partial charge < -0.3 is 5.11 Å². The molecule has 0 aromatic rings. The van der Waals surface area contributed by atoms with Crippen molar-refractivity contribution in [2.24, 2.45) is 10.9 Å². The fourth-order valence-corrected chi connectivity index (χ4v) is 6.46. The molecule has 3 heteroatoms. The van der Waals surface area contributed by atoms with E-state index in [9.17, 15) is 5.11 Å². The predicted molar refractivity (Wildman–Crippen MR) is 179 cm³/mol. The van der Waals surface area contributed by atoms with Crippen molar-refractivity contribution in [1.29, 1.82) is 0 Å². The largest absolute Gasteiger partial charge is 0.385 e. The SMILES string of the molecule is C=C\C=C/C(=C\C)C(/CC)=C(\C)SCC(=NCC)C(=C)CCC[C@@](O)(CCC)C1=CC=CCC1CC(=C)CC. The molecule has 0 aliphatic heterocycles. The molecule has 216 valence electrons. The van der Waals surface area contributed by atoms with Gasteiger partial charge in [0.15, 0.2) is 0 Å². The quantitative estimate of drug-likeness (QED) is 0.0987. The van der Waals surface area contributed by atoms with Gasteiger partial charge in [0.1, 0.15) is 0 Å². The third-order valence-corrected chi connectivity index (χ3v) is 8.71. The van der Waals surface area contributed by atoms with E-state index in [4.69, 9.17) is 4.99 Å². The van der Waals surface area contributed by atoms with E-state index >= 15 is 0 Å². The van der Waals surface area contributed by atoms with Gasteiger partial charge in [0.25, 0.3) is 0 Å². The topological polar surface area (TPSA) is 32.6 Å². The van der Waals surface area contributed by atoms with Crippen LogP contribution in [0.3, 0.4) is 0 Å². The first-order chi connectivity index (χ1) is 18.7. The number of allylic oxidation sites excluding steroid dienone is 12. The lowest BCUT2D eigenvalue weighted by Gasteiger charge is -2.37. The molecule has 1 aliphatic carbocycles. The van der Waals surface area contributed by atoms with E-state index in [1.54, 1.807) is 0 Å². The number of aliphatic hydroxyl groups is 1. The van der Waals surface area contributed by atoms with Crippen LogP contribution in [0, 0.1) is 5.92 Å². The Hall–Kier alpha value is -2.10. The summed E-state index contributed by atoms with van der Waals surface area (Å²) in [5.41, 5.74) is 6.49. The number of nitrogens with zero attached hydrogens (tertiary/aromatic N) is 1. The molecule has 0 aromatic heterocycles. The highest BCUT2D eigenvalue weighted by Gasteiger charge is 2.35. The summed E-state index contributed by atoms with van der Waals surface area (Å²) in [6.07, 6.45) is 22.8. The van der Waals surface area contributed by atoms with E-state index in [0.29, 0.717) is 5.92 Å². The molecule has 0 bridgehead atoms. The first-order valence-corrected chi connectivity index (χ1v) is 16.0. The fraction of sp³-hybridized carbons (Fsp3) is 0.528. The molecule has 1 unspecified atom stereocenters. The Labute approximate surface area is 245 Å². The Kier molecular flexibility index (Phi) is 17.1. The minimum Gasteiger partial charge on any atom is -0.385 e. The number of aliphatic imine (C=N–C) groups is 1. The second kappa shape index (κ2) is 19.1. The van der Waals surface area contributed by atoms with Gasteiger partial charge in [0, 0.05) is 18.0 Å². The lowest BCUT2D eigenvalue weighted by atomic mass is 9.73. The zero-order valence-electron chi connectivity index (χ0n) is 25.8. The van der Waals surface area contributed by atoms with Gasteiger partial charge in [-0.1, -0.05) is 95.0 Å². The lowest BCUT2D eigenvalue weighted by Crippen LogP contribution is -2.35. The van der Waals surface area contributed by atoms with E-state index < -0.39 is 5.60 Å². The van der Waals surface area contributed by atoms with Crippen molar-refractivity contribution in [2.75, 3.05) is 12.3 Å². The van der Waals surface area contributed by atoms with Crippen LogP contribution in [0.25, 0.3) is 0 Å². The molecule has 0 spiro atoms. The normalized spacial score (nSPS) is 18.5. The maximum atomic E-state index is 11.9. The summed E-state index contributed by atoms with van der Waals surface area (Å²) in [6.45, 7) is 26.2. The monoisotopic (exact) mass is 549 g/mol. The van der Waals surface area contributed by atoms with Crippen molar-refractivity contribution in [3.8, 4) is 0 Å². The van der Waals surface area contributed by atoms with Gasteiger partial charge in [-0.2, -0.15) is 0 Å². The molecule has 39 heavy (non-hydrogen) atoms. The van der Waals surface area contributed by atoms with E-state index in [1.165, 1.54) is 27.2 Å². The Bertz CT molecular complexity index is 1000. The number of thioether (sulfide) groups is 1. The van der Waals surface area contributed by atoms with E-state index in [1.807, 2.05) is 23.9 Å². The van der Waals surface area contributed by atoms with Crippen molar-refractivity contribution in [3.05, 3.63) is 95.0 Å². The van der Waals surface area contributed by atoms with Gasteiger partial charge in [-0.15, -0.1) is 11.8 Å². The van der Waals surface area contributed by atoms with Gasteiger partial charge >= 0.3 is 0 Å². The average molecular weight is 550 g/mol. The van der Waals surface area contributed by atoms with Crippen molar-refractivity contribution in [3.63, 3.8) is 0 Å². The van der Waals surface area contributed by atoms with E-state index in [2.05, 4.69) is 91.7 Å². The van der Waals surface area contributed by atoms with Crippen LogP contribution in [0.2, 0.25) is 0 Å². The zero-order chi connectivity index (χ0) is 29.3. The summed E-state index contributed by atoms with van der Waals surface area (Å²) in [6, 6.07) is 0. The van der Waals surface area contributed by atoms with Crippen LogP contribution >= 0.6 is 11.8 Å². The van der Waals surface area contributed by atoms with E-state index in [0.717, 1.165) is 81.4 Å². The molecule has 0 fully saturated rings. The molecular weight excluding hydrogens is 494 g/mol. The molecule has 1 rings (SSSR count). The number of hydrogen-bond donors (Lipinski definition) is 1. The van der Waals surface area contributed by atoms with Gasteiger partial charge in [-0.25, -0.2) is 0 Å². The molecule has 0 heterocycles. The Morgan fingerprint density at radius 1 is 1.18 bits per heavy atom. The molecule has 0 radical (unpaired) electrons. The molecule has 0 aromatic carbocycles. The van der Waals surface area contributed by atoms with Gasteiger partial charge in [0.2, 0.25) is 0 Å². The third kappa shape index (κ3) is 11.5. The minimum atomic E-state index is -0.771. The van der Waals surface area contributed by atoms with Crippen LogP contribution < -0.4 is 0 Å². The van der Waals surface area contributed by atoms with E-state index in [-0.39, 0.29) is 0 Å². The molecular formula is C36H55NOS. The fourth-order valence-electron chi connectivity index (χ4n) is 5.38. The first-order valence-electron chi connectivity index (χ1n) is 15.0. The zero-order valence-corrected chi connectivity index (χ0v) is 26.6. The summed E-state index contributed by atoms with van der Waals surface area (Å²) in [7, 11) is 0. The summed E-state index contributed by atoms with van der Waals surface area (Å²) in [5.74, 6) is 1.17. The van der Waals surface area contributed by atoms with Crippen molar-refractivity contribution >= 4 is 17.5 Å². The van der Waals surface area contributed by atoms with Crippen molar-refractivity contribution in [1.82, 2.24) is 0 Å². The average Bonchev–Trinajstić information content (AvgIpc) is 2.93. The second-order valence-electron chi connectivity index (χ2n) is 10.5. The van der Waals surface area contributed by atoms with Crippen LogP contribution in [0.5, 0.6) is 0 Å². The van der Waals surface area contributed by atoms with Crippen LogP contribution in [0.1, 0.15) is 99.3 Å². The first kappa shape index (κ1) is 34.9. The lowest BCUT2D eigenvalue weighted by molar-refractivity contribution is 0.0463. The summed E-state index contributed by atoms with van der Waals surface area (Å²) in [5, 5.41) is 11.9. The summed E-state index contributed by atoms with van der Waals surface area (Å²) in [4.78, 5) is 6.15. The van der Waals surface area contributed by atoms with Crippen LogP contribution in [0.15, 0.2) is 100 Å². The van der Waals surface area contributed by atoms with Crippen LogP contribution in [-0.4, -0.2) is 28.7 Å². The number of rotatable bonds is 19. The molecule has 0 amide bonds. The predicted octanol–water partition coefficient (Wildman–Crippen LogP) is 10.7. The highest BCUT2D eigenvalue weighted by Crippen LogP contribution is 2.40. The molecule has 1 aliphatic rings. The van der Waals surface area contributed by atoms with Crippen LogP contribution in [0.4, 0.5) is 0 Å². The standard InChI is InChI=1S/C36H55NOS/c1-10-16-21-31(13-4)33(14-5)30(9)39-27-35(37-15-6)29(8)20-19-25-36(38,24-11-2)34-23-18-17-22-32(34)26-28(7)12-3/h10,13,16-18,21,23,32,38H,1,7-8,11-12,14-15,19-20,22,24-27H2,2-6,9H3/b21-16-,31-13+,33-30+,37-35?/t32?,36-/m0/s1. The minimum absolute atomic E-state index is 0.349. The molecule has 0 saturated carbocycles. The highest BCUT2D eigenvalue weighted by molar-refractivity contribution is 8.03. The third-order valence-electron chi connectivity index (χ3n) is 7.61. The maximum Gasteiger partial charge on any atom is 0.0862 e. The highest BCUT2D eigenvalue weighted by atomic mass is 32.2. The molecule has 2 atom stereocenters. The summed E-state index contributed by atoms with van der Waals surface area (Å²) >= 11 is 1.85. The Balaban J connectivity index is 2.95. The van der Waals surface area contributed by atoms with Gasteiger partial charge in [0.05, 0.1) is 5.60 Å². The molecule has 1 N–H and O–H groups in total. The second-order valence-corrected chi connectivity index (χ2v) is 11.7. The Morgan fingerprint density at radius 2 is 1.92 bits per heavy atom. The van der Waals surface area contributed by atoms with Gasteiger partial charge in [-0.05, 0) is 105 Å². The Morgan fingerprint density at radius 3 is 2.51 bits per heavy atom. The molecule has 0 saturated heterocycles. The van der Waals surface area contributed by atoms with Crippen LogP contribution in [-0.2, 0) is 0 Å².